The van der Waals surface area contributed by atoms with Crippen molar-refractivity contribution >= 4 is 11.6 Å². The van der Waals surface area contributed by atoms with E-state index in [0.29, 0.717) is 17.2 Å². The van der Waals surface area contributed by atoms with Crippen molar-refractivity contribution in [1.29, 1.82) is 0 Å². The molecule has 4 aromatic rings. The van der Waals surface area contributed by atoms with E-state index in [1.807, 2.05) is 0 Å². The van der Waals surface area contributed by atoms with Crippen LogP contribution in [-0.2, 0) is 13.1 Å². The molecule has 32 heavy (non-hydrogen) atoms. The van der Waals surface area contributed by atoms with E-state index in [1.54, 1.807) is 37.3 Å². The number of rotatable bonds is 7. The van der Waals surface area contributed by atoms with Crippen molar-refractivity contribution in [2.45, 2.75) is 20.0 Å². The van der Waals surface area contributed by atoms with Gasteiger partial charge in [0.05, 0.1) is 30.5 Å². The van der Waals surface area contributed by atoms with Crippen LogP contribution in [0.4, 0.5) is 5.69 Å². The minimum absolute atomic E-state index is 0.0764. The first-order valence-corrected chi connectivity index (χ1v) is 9.63. The van der Waals surface area contributed by atoms with Gasteiger partial charge in [0.15, 0.2) is 5.69 Å². The van der Waals surface area contributed by atoms with E-state index in [0.717, 1.165) is 0 Å². The Hall–Kier alpha value is -4.47. The highest BCUT2D eigenvalue weighted by Gasteiger charge is 2.25. The minimum Gasteiger partial charge on any atom is -0.467 e. The van der Waals surface area contributed by atoms with E-state index in [2.05, 4.69) is 5.10 Å². The molecular weight excluding hydrogens is 416 g/mol. The summed E-state index contributed by atoms with van der Waals surface area (Å²) >= 11 is 0. The molecule has 4 rings (SSSR count). The zero-order valence-corrected chi connectivity index (χ0v) is 17.0. The van der Waals surface area contributed by atoms with Gasteiger partial charge in [-0.05, 0) is 37.3 Å². The van der Waals surface area contributed by atoms with E-state index < -0.39 is 16.3 Å². The number of aromatic nitrogens is 2. The standard InChI is InChI=1S/C22H18N4O6/c1-15-12-20(27)21(23-25(15)18-8-2-3-9-19(18)26(29)30)22(28)24(13-16-6-4-10-31-16)14-17-7-5-11-32-17/h2-12H,13-14H2,1H3. The molecule has 0 saturated heterocycles. The maximum Gasteiger partial charge on any atom is 0.294 e. The largest absolute Gasteiger partial charge is 0.467 e. The van der Waals surface area contributed by atoms with Crippen LogP contribution in [0.1, 0.15) is 27.7 Å². The Labute approximate surface area is 181 Å². The van der Waals surface area contributed by atoms with Crippen molar-refractivity contribution in [2.75, 3.05) is 0 Å². The van der Waals surface area contributed by atoms with Crippen molar-refractivity contribution < 1.29 is 18.6 Å². The molecule has 1 amide bonds. The van der Waals surface area contributed by atoms with Gasteiger partial charge in [0, 0.05) is 17.8 Å². The monoisotopic (exact) mass is 434 g/mol. The van der Waals surface area contributed by atoms with E-state index in [4.69, 9.17) is 8.83 Å². The first-order chi connectivity index (χ1) is 15.4. The second kappa shape index (κ2) is 8.72. The third-order valence-electron chi connectivity index (χ3n) is 4.76. The van der Waals surface area contributed by atoms with Crippen molar-refractivity contribution in [3.63, 3.8) is 0 Å². The molecule has 1 aromatic carbocycles. The molecule has 3 aromatic heterocycles. The Kier molecular flexibility index (Phi) is 5.67. The van der Waals surface area contributed by atoms with Gasteiger partial charge >= 0.3 is 0 Å². The number of carbonyl (C=O) groups excluding carboxylic acids is 1. The fourth-order valence-electron chi connectivity index (χ4n) is 3.27. The fourth-order valence-corrected chi connectivity index (χ4v) is 3.27. The molecule has 0 N–H and O–H groups in total. The number of aryl methyl sites for hydroxylation is 1. The second-order valence-electron chi connectivity index (χ2n) is 6.98. The van der Waals surface area contributed by atoms with Gasteiger partial charge in [-0.3, -0.25) is 19.7 Å². The molecule has 0 unspecified atom stereocenters. The molecule has 0 saturated carbocycles. The number of nitro groups is 1. The highest BCUT2D eigenvalue weighted by molar-refractivity contribution is 5.92. The third kappa shape index (κ3) is 4.19. The first kappa shape index (κ1) is 20.8. The average molecular weight is 434 g/mol. The summed E-state index contributed by atoms with van der Waals surface area (Å²) in [6, 6.07) is 14.0. The molecule has 3 heterocycles. The van der Waals surface area contributed by atoms with Crippen LogP contribution < -0.4 is 5.43 Å². The normalized spacial score (nSPS) is 10.8. The number of furan rings is 2. The summed E-state index contributed by atoms with van der Waals surface area (Å²) in [7, 11) is 0. The molecule has 162 valence electrons. The molecule has 0 atom stereocenters. The van der Waals surface area contributed by atoms with Gasteiger partial charge in [0.25, 0.3) is 11.6 Å². The zero-order chi connectivity index (χ0) is 22.7. The Bertz CT molecular complexity index is 1270. The van der Waals surface area contributed by atoms with E-state index in [1.165, 1.54) is 46.4 Å². The lowest BCUT2D eigenvalue weighted by atomic mass is 10.2. The summed E-state index contributed by atoms with van der Waals surface area (Å²) in [6.07, 6.45) is 2.97. The summed E-state index contributed by atoms with van der Waals surface area (Å²) < 4.78 is 11.9. The summed E-state index contributed by atoms with van der Waals surface area (Å²) in [6.45, 7) is 1.74. The van der Waals surface area contributed by atoms with Crippen LogP contribution in [0.3, 0.4) is 0 Å². The molecule has 10 heteroatoms. The van der Waals surface area contributed by atoms with Crippen LogP contribution >= 0.6 is 0 Å². The zero-order valence-electron chi connectivity index (χ0n) is 17.0. The van der Waals surface area contributed by atoms with Gasteiger partial charge in [-0.2, -0.15) is 5.10 Å². The van der Waals surface area contributed by atoms with Crippen LogP contribution in [-0.4, -0.2) is 25.5 Å². The summed E-state index contributed by atoms with van der Waals surface area (Å²) in [5.74, 6) is 0.363. The molecule has 0 aliphatic heterocycles. The van der Waals surface area contributed by atoms with Gasteiger partial charge in [0.2, 0.25) is 5.43 Å². The van der Waals surface area contributed by atoms with Crippen molar-refractivity contribution in [3.8, 4) is 5.69 Å². The van der Waals surface area contributed by atoms with Gasteiger partial charge in [-0.15, -0.1) is 0 Å². The fraction of sp³-hybridized carbons (Fsp3) is 0.136. The highest BCUT2D eigenvalue weighted by atomic mass is 16.6. The number of hydrogen-bond acceptors (Lipinski definition) is 7. The maximum absolute atomic E-state index is 13.4. The molecule has 10 nitrogen and oxygen atoms in total. The van der Waals surface area contributed by atoms with Crippen LogP contribution in [0.25, 0.3) is 5.69 Å². The lowest BCUT2D eigenvalue weighted by Gasteiger charge is -2.20. The smallest absolute Gasteiger partial charge is 0.294 e. The Morgan fingerprint density at radius 2 is 1.69 bits per heavy atom. The predicted molar refractivity (Wildman–Crippen MR) is 112 cm³/mol. The molecule has 0 fully saturated rings. The van der Waals surface area contributed by atoms with Crippen molar-refractivity contribution in [3.05, 3.63) is 110 Å². The first-order valence-electron chi connectivity index (χ1n) is 9.63. The molecule has 0 aliphatic carbocycles. The molecule has 0 aliphatic rings. The number of nitro benzene ring substituents is 1. The highest BCUT2D eigenvalue weighted by Crippen LogP contribution is 2.22. The summed E-state index contributed by atoms with van der Waals surface area (Å²) in [4.78, 5) is 38.3. The molecular formula is C22H18N4O6. The van der Waals surface area contributed by atoms with E-state index in [9.17, 15) is 19.7 Å². The predicted octanol–water partition coefficient (Wildman–Crippen LogP) is 3.48. The lowest BCUT2D eigenvalue weighted by molar-refractivity contribution is -0.384. The van der Waals surface area contributed by atoms with Crippen LogP contribution in [0.5, 0.6) is 0 Å². The summed E-state index contributed by atoms with van der Waals surface area (Å²) in [5, 5.41) is 15.7. The number of amides is 1. The Balaban J connectivity index is 1.77. The molecule has 0 bridgehead atoms. The lowest BCUT2D eigenvalue weighted by Crippen LogP contribution is -2.35. The maximum atomic E-state index is 13.4. The third-order valence-corrected chi connectivity index (χ3v) is 4.76. The topological polar surface area (TPSA) is 125 Å². The van der Waals surface area contributed by atoms with E-state index >= 15 is 0 Å². The van der Waals surface area contributed by atoms with Gasteiger partial charge in [-0.25, -0.2) is 4.68 Å². The number of para-hydroxylation sites is 2. The Morgan fingerprint density at radius 3 is 2.25 bits per heavy atom. The van der Waals surface area contributed by atoms with Crippen LogP contribution in [0.2, 0.25) is 0 Å². The Morgan fingerprint density at radius 1 is 1.06 bits per heavy atom. The van der Waals surface area contributed by atoms with Crippen LogP contribution in [0, 0.1) is 17.0 Å². The number of hydrogen-bond donors (Lipinski definition) is 0. The SMILES string of the molecule is Cc1cc(=O)c(C(=O)N(Cc2ccco2)Cc2ccco2)nn1-c1ccccc1[N+](=O)[O-]. The molecule has 0 radical (unpaired) electrons. The second-order valence-corrected chi connectivity index (χ2v) is 6.98. The number of carbonyl (C=O) groups is 1. The van der Waals surface area contributed by atoms with Gasteiger partial charge in [-0.1, -0.05) is 12.1 Å². The van der Waals surface area contributed by atoms with Crippen molar-refractivity contribution in [2.24, 2.45) is 0 Å². The quantitative estimate of drug-likeness (QED) is 0.322. The number of nitrogens with zero attached hydrogens (tertiary/aromatic N) is 4. The summed E-state index contributed by atoms with van der Waals surface area (Å²) in [5.41, 5.74) is -0.664. The average Bonchev–Trinajstić information content (AvgIpc) is 3.47. The van der Waals surface area contributed by atoms with Gasteiger partial charge in [0.1, 0.15) is 17.2 Å². The minimum atomic E-state index is -0.657. The molecule has 0 spiro atoms. The number of benzene rings is 1. The van der Waals surface area contributed by atoms with Crippen molar-refractivity contribution in [1.82, 2.24) is 14.7 Å². The van der Waals surface area contributed by atoms with Crippen LogP contribution in [0.15, 0.2) is 80.8 Å². The van der Waals surface area contributed by atoms with Gasteiger partial charge < -0.3 is 13.7 Å². The van der Waals surface area contributed by atoms with E-state index in [-0.39, 0.29) is 30.2 Å².